The van der Waals surface area contributed by atoms with E-state index in [1.165, 1.54) is 0 Å². The van der Waals surface area contributed by atoms with Crippen molar-refractivity contribution in [2.75, 3.05) is 24.5 Å². The Morgan fingerprint density at radius 2 is 2.35 bits per heavy atom. The van der Waals surface area contributed by atoms with Gasteiger partial charge in [0.05, 0.1) is 11.9 Å². The van der Waals surface area contributed by atoms with Gasteiger partial charge in [0, 0.05) is 25.7 Å². The number of anilines is 1. The second-order valence-electron chi connectivity index (χ2n) is 5.66. The first-order chi connectivity index (χ1) is 9.54. The first kappa shape index (κ1) is 15.5. The fraction of sp³-hybridized carbons (Fsp3) is 0.714. The highest BCUT2D eigenvalue weighted by molar-refractivity contribution is 9.10. The minimum atomic E-state index is -0.0411. The second kappa shape index (κ2) is 6.72. The van der Waals surface area contributed by atoms with Gasteiger partial charge in [-0.15, -0.1) is 0 Å². The first-order valence-electron chi connectivity index (χ1n) is 7.27. The van der Waals surface area contributed by atoms with E-state index >= 15 is 0 Å². The molecule has 0 radical (unpaired) electrons. The van der Waals surface area contributed by atoms with Crippen LogP contribution >= 0.6 is 15.9 Å². The van der Waals surface area contributed by atoms with E-state index in [1.54, 1.807) is 4.68 Å². The lowest BCUT2D eigenvalue weighted by atomic mass is 10.2. The summed E-state index contributed by atoms with van der Waals surface area (Å²) in [6, 6.07) is 0.443. The van der Waals surface area contributed by atoms with Gasteiger partial charge in [0.25, 0.3) is 5.56 Å². The lowest BCUT2D eigenvalue weighted by Gasteiger charge is -2.30. The van der Waals surface area contributed by atoms with Crippen molar-refractivity contribution in [2.45, 2.75) is 39.8 Å². The highest BCUT2D eigenvalue weighted by Gasteiger charge is 2.24. The van der Waals surface area contributed by atoms with Crippen molar-refractivity contribution in [3.05, 3.63) is 21.0 Å². The highest BCUT2D eigenvalue weighted by Crippen LogP contribution is 2.25. The van der Waals surface area contributed by atoms with E-state index < -0.39 is 0 Å². The quantitative estimate of drug-likeness (QED) is 0.887. The second-order valence-corrected chi connectivity index (χ2v) is 6.45. The first-order valence-corrected chi connectivity index (χ1v) is 8.06. The summed E-state index contributed by atoms with van der Waals surface area (Å²) >= 11 is 3.47. The largest absolute Gasteiger partial charge is 0.365 e. The molecule has 1 aliphatic rings. The van der Waals surface area contributed by atoms with E-state index in [2.05, 4.69) is 52.0 Å². The topological polar surface area (TPSA) is 50.2 Å². The number of hydrogen-bond donors (Lipinski definition) is 1. The summed E-state index contributed by atoms with van der Waals surface area (Å²) in [6.45, 7) is 9.81. The molecule has 0 aromatic carbocycles. The molecule has 2 heterocycles. The van der Waals surface area contributed by atoms with E-state index in [1.807, 2.05) is 6.20 Å². The van der Waals surface area contributed by atoms with Crippen molar-refractivity contribution in [1.82, 2.24) is 15.1 Å². The maximum Gasteiger partial charge on any atom is 0.283 e. The van der Waals surface area contributed by atoms with Crippen molar-refractivity contribution >= 4 is 21.6 Å². The fourth-order valence-electron chi connectivity index (χ4n) is 2.66. The maximum absolute atomic E-state index is 12.4. The molecule has 5 nitrogen and oxygen atoms in total. The summed E-state index contributed by atoms with van der Waals surface area (Å²) in [5.41, 5.74) is 0.867. The molecule has 1 aromatic heterocycles. The van der Waals surface area contributed by atoms with E-state index in [9.17, 15) is 4.79 Å². The zero-order valence-electron chi connectivity index (χ0n) is 12.4. The zero-order chi connectivity index (χ0) is 14.7. The normalized spacial score (nSPS) is 18.8. The molecule has 112 valence electrons. The van der Waals surface area contributed by atoms with Gasteiger partial charge in [-0.05, 0) is 41.7 Å². The van der Waals surface area contributed by atoms with Crippen LogP contribution in [0.15, 0.2) is 15.5 Å². The smallest absolute Gasteiger partial charge is 0.283 e. The molecular weight excluding hydrogens is 320 g/mol. The van der Waals surface area contributed by atoms with Gasteiger partial charge in [0.15, 0.2) is 0 Å². The number of hydrogen-bond acceptors (Lipinski definition) is 4. The molecule has 1 atom stereocenters. The van der Waals surface area contributed by atoms with Gasteiger partial charge < -0.3 is 10.2 Å². The molecule has 6 heteroatoms. The molecule has 1 N–H and O–H groups in total. The summed E-state index contributed by atoms with van der Waals surface area (Å²) in [7, 11) is 0. The average molecular weight is 343 g/mol. The van der Waals surface area contributed by atoms with Crippen LogP contribution in [-0.4, -0.2) is 35.5 Å². The van der Waals surface area contributed by atoms with E-state index in [0.717, 1.165) is 31.7 Å². The summed E-state index contributed by atoms with van der Waals surface area (Å²) in [5.74, 6) is 0.402. The summed E-state index contributed by atoms with van der Waals surface area (Å²) < 4.78 is 2.17. The van der Waals surface area contributed by atoms with Crippen LogP contribution in [0.25, 0.3) is 0 Å². The molecule has 1 fully saturated rings. The lowest BCUT2D eigenvalue weighted by molar-refractivity contribution is 0.461. The van der Waals surface area contributed by atoms with Gasteiger partial charge >= 0.3 is 0 Å². The Kier molecular flexibility index (Phi) is 5.21. The van der Waals surface area contributed by atoms with E-state index in [-0.39, 0.29) is 5.56 Å². The van der Waals surface area contributed by atoms with Crippen molar-refractivity contribution < 1.29 is 0 Å². The Balaban J connectivity index is 2.32. The molecule has 1 saturated heterocycles. The monoisotopic (exact) mass is 342 g/mol. The van der Waals surface area contributed by atoms with Gasteiger partial charge in [0.1, 0.15) is 4.47 Å². The molecule has 0 bridgehead atoms. The molecule has 20 heavy (non-hydrogen) atoms. The number of nitrogens with zero attached hydrogens (tertiary/aromatic N) is 3. The van der Waals surface area contributed by atoms with Crippen molar-refractivity contribution in [3.63, 3.8) is 0 Å². The number of aromatic nitrogens is 2. The third-order valence-corrected chi connectivity index (χ3v) is 4.38. The average Bonchev–Trinajstić information content (AvgIpc) is 2.92. The molecule has 0 amide bonds. The van der Waals surface area contributed by atoms with Crippen molar-refractivity contribution in [3.8, 4) is 0 Å². The Morgan fingerprint density at radius 1 is 1.60 bits per heavy atom. The number of rotatable bonds is 5. The van der Waals surface area contributed by atoms with Crippen LogP contribution in [0.3, 0.4) is 0 Å². The highest BCUT2D eigenvalue weighted by atomic mass is 79.9. The number of nitrogens with one attached hydrogen (secondary N) is 1. The SMILES string of the molecule is CCN(c1cnn(CC(C)C)c(=O)c1Br)C1CCNC1. The summed E-state index contributed by atoms with van der Waals surface area (Å²) in [5, 5.41) is 7.70. The summed E-state index contributed by atoms with van der Waals surface area (Å²) in [6.07, 6.45) is 2.92. The van der Waals surface area contributed by atoms with Gasteiger partial charge in [-0.1, -0.05) is 13.8 Å². The Bertz CT molecular complexity index is 508. The Labute approximate surface area is 128 Å². The van der Waals surface area contributed by atoms with Crippen molar-refractivity contribution in [1.29, 1.82) is 0 Å². The van der Waals surface area contributed by atoms with Gasteiger partial charge in [-0.3, -0.25) is 4.79 Å². The van der Waals surface area contributed by atoms with Gasteiger partial charge in [-0.2, -0.15) is 5.10 Å². The number of halogens is 1. The Morgan fingerprint density at radius 3 is 2.90 bits per heavy atom. The van der Waals surface area contributed by atoms with Crippen LogP contribution < -0.4 is 15.8 Å². The molecule has 0 aliphatic carbocycles. The molecule has 1 aliphatic heterocycles. The van der Waals surface area contributed by atoms with Gasteiger partial charge in [-0.25, -0.2) is 4.68 Å². The molecule has 0 saturated carbocycles. The molecule has 1 aromatic rings. The van der Waals surface area contributed by atoms with E-state index in [4.69, 9.17) is 0 Å². The fourth-order valence-corrected chi connectivity index (χ4v) is 3.20. The standard InChI is InChI=1S/C14H23BrN4O/c1-4-18(11-5-6-16-7-11)12-8-17-19(9-10(2)3)14(20)13(12)15/h8,10-11,16H,4-7,9H2,1-3H3. The minimum Gasteiger partial charge on any atom is -0.365 e. The summed E-state index contributed by atoms with van der Waals surface area (Å²) in [4.78, 5) is 14.6. The van der Waals surface area contributed by atoms with Crippen LogP contribution in [0.4, 0.5) is 5.69 Å². The van der Waals surface area contributed by atoms with Gasteiger partial charge in [0.2, 0.25) is 0 Å². The third-order valence-electron chi connectivity index (χ3n) is 3.63. The molecule has 0 spiro atoms. The van der Waals surface area contributed by atoms with Crippen LogP contribution in [0.2, 0.25) is 0 Å². The lowest BCUT2D eigenvalue weighted by Crippen LogP contribution is -2.39. The van der Waals surface area contributed by atoms with Crippen LogP contribution in [0.1, 0.15) is 27.2 Å². The van der Waals surface area contributed by atoms with Crippen LogP contribution in [-0.2, 0) is 6.54 Å². The molecule has 1 unspecified atom stereocenters. The Hall–Kier alpha value is -0.880. The van der Waals surface area contributed by atoms with Crippen LogP contribution in [0, 0.1) is 5.92 Å². The molecule has 2 rings (SSSR count). The molecular formula is C14H23BrN4O. The van der Waals surface area contributed by atoms with Crippen LogP contribution in [0.5, 0.6) is 0 Å². The third kappa shape index (κ3) is 3.23. The minimum absolute atomic E-state index is 0.0411. The zero-order valence-corrected chi connectivity index (χ0v) is 14.0. The van der Waals surface area contributed by atoms with Crippen molar-refractivity contribution in [2.24, 2.45) is 5.92 Å². The van der Waals surface area contributed by atoms with E-state index in [0.29, 0.717) is 23.0 Å². The predicted octanol–water partition coefficient (Wildman–Crippen LogP) is 1.85. The predicted molar refractivity (Wildman–Crippen MR) is 85.3 cm³/mol. The maximum atomic E-state index is 12.4. The number of likely N-dealkylation sites (N-methyl/N-ethyl adjacent to an activating group) is 1.